The van der Waals surface area contributed by atoms with E-state index in [-0.39, 0.29) is 47.1 Å². The summed E-state index contributed by atoms with van der Waals surface area (Å²) in [4.78, 5) is 26.5. The van der Waals surface area contributed by atoms with E-state index in [2.05, 4.69) is 16.9 Å². The fraction of sp³-hybridized carbons (Fsp3) is 0.429. The maximum Gasteiger partial charge on any atom is 0.416 e. The Bertz CT molecular complexity index is 1530. The summed E-state index contributed by atoms with van der Waals surface area (Å²) in [5, 5.41) is 8.99. The minimum absolute atomic E-state index is 0.0804. The van der Waals surface area contributed by atoms with E-state index in [1.54, 1.807) is 28.8 Å². The predicted octanol–water partition coefficient (Wildman–Crippen LogP) is 3.63. The SMILES string of the molecule is CC#CC(=O)N1CC2CC[C@@H](n3nc(-c4cnn(Cc5cccc(C(F)(F)F)c5C)c4)c(C(N)=O)c3N)CC2C1. The summed E-state index contributed by atoms with van der Waals surface area (Å²) in [6.07, 6.45) is 1.06. The maximum absolute atomic E-state index is 13.4. The fourth-order valence-corrected chi connectivity index (χ4v) is 6.06. The summed E-state index contributed by atoms with van der Waals surface area (Å²) in [5.74, 6) is 5.18. The first-order valence-electron chi connectivity index (χ1n) is 13.1. The highest BCUT2D eigenvalue weighted by Crippen LogP contribution is 2.43. The Balaban J connectivity index is 1.39. The van der Waals surface area contributed by atoms with Gasteiger partial charge in [0.15, 0.2) is 0 Å². The molecule has 1 aromatic carbocycles. The Kier molecular flexibility index (Phi) is 7.08. The van der Waals surface area contributed by atoms with E-state index in [1.807, 2.05) is 0 Å². The second-order valence-electron chi connectivity index (χ2n) is 10.5. The third kappa shape index (κ3) is 5.03. The van der Waals surface area contributed by atoms with Crippen molar-refractivity contribution in [3.8, 4) is 23.1 Å². The monoisotopic (exact) mass is 553 g/mol. The molecule has 1 saturated heterocycles. The van der Waals surface area contributed by atoms with E-state index in [0.29, 0.717) is 30.1 Å². The molecule has 210 valence electrons. The standard InChI is InChI=1S/C28H30F3N7O2/c1-3-5-23(39)36-12-18-8-9-21(10-19(18)13-36)38-26(32)24(27(33)40)25(35-38)20-11-34-37(15-20)14-17-6-4-7-22(16(17)2)28(29,30)31/h4,6-7,11,15,18-19,21H,8-10,12-14,32H2,1-2H3,(H2,33,40)/t18?,19?,21-/m1/s1. The van der Waals surface area contributed by atoms with Gasteiger partial charge in [-0.3, -0.25) is 14.3 Å². The minimum Gasteiger partial charge on any atom is -0.383 e. The number of carbonyl (C=O) groups excluding carboxylic acids is 2. The topological polar surface area (TPSA) is 125 Å². The second kappa shape index (κ2) is 10.4. The largest absolute Gasteiger partial charge is 0.416 e. The van der Waals surface area contributed by atoms with Gasteiger partial charge in [-0.05, 0) is 68.1 Å². The summed E-state index contributed by atoms with van der Waals surface area (Å²) in [6, 6.07) is 3.96. The highest BCUT2D eigenvalue weighted by atomic mass is 19.4. The minimum atomic E-state index is -4.45. The third-order valence-corrected chi connectivity index (χ3v) is 8.07. The first-order valence-corrected chi connectivity index (χ1v) is 13.1. The van der Waals surface area contributed by atoms with Gasteiger partial charge in [0.25, 0.3) is 11.8 Å². The molecule has 2 amide bonds. The lowest BCUT2D eigenvalue weighted by molar-refractivity contribution is -0.138. The van der Waals surface area contributed by atoms with Crippen LogP contribution in [-0.2, 0) is 17.5 Å². The number of carbonyl (C=O) groups is 2. The number of fused-ring (bicyclic) bond motifs is 1. The maximum atomic E-state index is 13.4. The number of anilines is 1. The number of likely N-dealkylation sites (tertiary alicyclic amines) is 1. The van der Waals surface area contributed by atoms with E-state index in [4.69, 9.17) is 16.6 Å². The van der Waals surface area contributed by atoms with Gasteiger partial charge in [-0.1, -0.05) is 18.1 Å². The number of hydrogen-bond acceptors (Lipinski definition) is 5. The van der Waals surface area contributed by atoms with E-state index in [1.165, 1.54) is 23.9 Å². The summed E-state index contributed by atoms with van der Waals surface area (Å²) in [5.41, 5.74) is 12.9. The van der Waals surface area contributed by atoms with Gasteiger partial charge in [-0.25, -0.2) is 4.68 Å². The number of aromatic nitrogens is 4. The van der Waals surface area contributed by atoms with Gasteiger partial charge >= 0.3 is 6.18 Å². The van der Waals surface area contributed by atoms with Gasteiger partial charge in [0.05, 0.1) is 24.3 Å². The molecule has 1 saturated carbocycles. The lowest BCUT2D eigenvalue weighted by atomic mass is 9.79. The Hall–Kier alpha value is -4.27. The van der Waals surface area contributed by atoms with Gasteiger partial charge in [0.2, 0.25) is 0 Å². The molecule has 3 atom stereocenters. The molecule has 4 N–H and O–H groups in total. The van der Waals surface area contributed by atoms with Gasteiger partial charge in [0.1, 0.15) is 17.1 Å². The van der Waals surface area contributed by atoms with Crippen molar-refractivity contribution in [1.29, 1.82) is 0 Å². The van der Waals surface area contributed by atoms with Crippen LogP contribution in [0.25, 0.3) is 11.3 Å². The predicted molar refractivity (Wildman–Crippen MR) is 142 cm³/mol. The molecule has 2 aromatic heterocycles. The average Bonchev–Trinajstić information content (AvgIpc) is 3.61. The highest BCUT2D eigenvalue weighted by molar-refractivity contribution is 6.03. The number of halogens is 3. The van der Waals surface area contributed by atoms with Gasteiger partial charge in [-0.2, -0.15) is 23.4 Å². The van der Waals surface area contributed by atoms with Crippen molar-refractivity contribution in [2.45, 2.75) is 51.9 Å². The summed E-state index contributed by atoms with van der Waals surface area (Å²) in [6.45, 7) is 4.47. The number of primary amides is 1. The summed E-state index contributed by atoms with van der Waals surface area (Å²) < 4.78 is 43.2. The van der Waals surface area contributed by atoms with Crippen LogP contribution in [0.15, 0.2) is 30.6 Å². The molecule has 0 spiro atoms. The molecule has 9 nitrogen and oxygen atoms in total. The number of benzene rings is 1. The van der Waals surface area contributed by atoms with Crippen LogP contribution in [0.4, 0.5) is 19.0 Å². The molecule has 2 unspecified atom stereocenters. The molecule has 2 aliphatic rings. The molecule has 3 aromatic rings. The fourth-order valence-electron chi connectivity index (χ4n) is 6.06. The molecular formula is C28H30F3N7O2. The average molecular weight is 554 g/mol. The van der Waals surface area contributed by atoms with Crippen LogP contribution in [-0.4, -0.2) is 49.4 Å². The molecule has 0 bridgehead atoms. The number of nitrogens with two attached hydrogens (primary N) is 2. The van der Waals surface area contributed by atoms with E-state index in [9.17, 15) is 22.8 Å². The Morgan fingerprint density at radius 2 is 1.93 bits per heavy atom. The zero-order valence-electron chi connectivity index (χ0n) is 22.2. The Morgan fingerprint density at radius 3 is 2.62 bits per heavy atom. The smallest absolute Gasteiger partial charge is 0.383 e. The van der Waals surface area contributed by atoms with Crippen LogP contribution >= 0.6 is 0 Å². The normalized spacial score (nSPS) is 20.6. The van der Waals surface area contributed by atoms with Gasteiger partial charge < -0.3 is 16.4 Å². The first-order chi connectivity index (χ1) is 19.0. The van der Waals surface area contributed by atoms with Gasteiger partial charge in [-0.15, -0.1) is 0 Å². The van der Waals surface area contributed by atoms with Crippen LogP contribution in [0.2, 0.25) is 0 Å². The van der Waals surface area contributed by atoms with E-state index >= 15 is 0 Å². The number of rotatable bonds is 5. The number of hydrogen-bond donors (Lipinski definition) is 2. The summed E-state index contributed by atoms with van der Waals surface area (Å²) >= 11 is 0. The van der Waals surface area contributed by atoms with Crippen molar-refractivity contribution < 1.29 is 22.8 Å². The molecule has 12 heteroatoms. The number of amides is 2. The molecule has 5 rings (SSSR count). The van der Waals surface area contributed by atoms with Gasteiger partial charge in [0, 0.05) is 24.8 Å². The molecule has 1 aliphatic carbocycles. The molecule has 1 aliphatic heterocycles. The molecular weight excluding hydrogens is 523 g/mol. The van der Waals surface area contributed by atoms with Crippen LogP contribution in [0, 0.1) is 30.6 Å². The van der Waals surface area contributed by atoms with Crippen molar-refractivity contribution >= 4 is 17.6 Å². The molecule has 2 fully saturated rings. The molecule has 0 radical (unpaired) electrons. The van der Waals surface area contributed by atoms with Crippen molar-refractivity contribution in [3.05, 3.63) is 52.8 Å². The zero-order valence-corrected chi connectivity index (χ0v) is 22.2. The van der Waals surface area contributed by atoms with Crippen molar-refractivity contribution in [2.24, 2.45) is 17.6 Å². The quantitative estimate of drug-likeness (QED) is 0.467. The van der Waals surface area contributed by atoms with Crippen molar-refractivity contribution in [3.63, 3.8) is 0 Å². The van der Waals surface area contributed by atoms with Crippen LogP contribution in [0.5, 0.6) is 0 Å². The highest BCUT2D eigenvalue weighted by Gasteiger charge is 2.41. The number of nitrogens with zero attached hydrogens (tertiary/aromatic N) is 5. The summed E-state index contributed by atoms with van der Waals surface area (Å²) in [7, 11) is 0. The first kappa shape index (κ1) is 27.3. The zero-order chi connectivity index (χ0) is 28.8. The van der Waals surface area contributed by atoms with E-state index in [0.717, 1.165) is 25.3 Å². The third-order valence-electron chi connectivity index (χ3n) is 8.07. The molecule has 3 heterocycles. The number of alkyl halides is 3. The van der Waals surface area contributed by atoms with Crippen molar-refractivity contribution in [2.75, 3.05) is 18.8 Å². The van der Waals surface area contributed by atoms with E-state index < -0.39 is 17.6 Å². The van der Waals surface area contributed by atoms with Crippen LogP contribution < -0.4 is 11.5 Å². The second-order valence-corrected chi connectivity index (χ2v) is 10.5. The lowest BCUT2D eigenvalue weighted by Crippen LogP contribution is -2.28. The number of nitrogen functional groups attached to an aromatic ring is 1. The lowest BCUT2D eigenvalue weighted by Gasteiger charge is -2.31. The van der Waals surface area contributed by atoms with Crippen molar-refractivity contribution in [1.82, 2.24) is 24.5 Å². The van der Waals surface area contributed by atoms with Crippen LogP contribution in [0.3, 0.4) is 0 Å². The Labute approximate surface area is 229 Å². The molecule has 40 heavy (non-hydrogen) atoms. The Morgan fingerprint density at radius 1 is 1.18 bits per heavy atom. The van der Waals surface area contributed by atoms with Crippen LogP contribution in [0.1, 0.15) is 59.3 Å².